The van der Waals surface area contributed by atoms with E-state index in [9.17, 15) is 10.1 Å². The van der Waals surface area contributed by atoms with E-state index in [1.807, 2.05) is 6.07 Å². The van der Waals surface area contributed by atoms with Crippen LogP contribution in [0.3, 0.4) is 0 Å². The molecule has 0 atom stereocenters. The van der Waals surface area contributed by atoms with E-state index >= 15 is 0 Å². The van der Waals surface area contributed by atoms with Gasteiger partial charge >= 0.3 is 0 Å². The zero-order valence-corrected chi connectivity index (χ0v) is 16.8. The number of aliphatic hydroxyl groups excluding tert-OH is 2. The van der Waals surface area contributed by atoms with Crippen LogP contribution in [-0.4, -0.2) is 27.3 Å². The molecule has 8 heteroatoms. The summed E-state index contributed by atoms with van der Waals surface area (Å²) in [7, 11) is 0. The van der Waals surface area contributed by atoms with Gasteiger partial charge in [0, 0.05) is 28.9 Å². The first-order valence-electron chi connectivity index (χ1n) is 10.2. The van der Waals surface area contributed by atoms with Crippen molar-refractivity contribution in [1.29, 1.82) is 0 Å². The lowest BCUT2D eigenvalue weighted by Gasteiger charge is -2.27. The molecule has 0 heterocycles. The second-order valence-electron chi connectivity index (χ2n) is 7.57. The number of benzene rings is 2. The van der Waals surface area contributed by atoms with Crippen LogP contribution in [0.5, 0.6) is 11.5 Å². The van der Waals surface area contributed by atoms with Crippen LogP contribution in [0, 0.1) is 10.1 Å². The van der Waals surface area contributed by atoms with E-state index in [0.717, 1.165) is 43.4 Å². The zero-order chi connectivity index (χ0) is 21.5. The number of nitro groups is 1. The number of rotatable bonds is 7. The number of ether oxygens (including phenoxy) is 2. The fourth-order valence-corrected chi connectivity index (χ4v) is 3.09. The molecule has 8 nitrogen and oxygen atoms in total. The second kappa shape index (κ2) is 10.3. The summed E-state index contributed by atoms with van der Waals surface area (Å²) in [6.45, 7) is -0.267. The third-order valence-corrected chi connectivity index (χ3v) is 5.37. The minimum atomic E-state index is -0.480. The highest BCUT2D eigenvalue weighted by Gasteiger charge is 2.21. The average molecular weight is 416 g/mol. The van der Waals surface area contributed by atoms with Crippen LogP contribution in [0.1, 0.15) is 49.7 Å². The number of aliphatic hydroxyl groups is 2. The van der Waals surface area contributed by atoms with Crippen molar-refractivity contribution in [3.05, 3.63) is 57.6 Å². The first-order chi connectivity index (χ1) is 14.5. The lowest BCUT2D eigenvalue weighted by atomic mass is 9.96. The van der Waals surface area contributed by atoms with Crippen LogP contribution >= 0.6 is 0 Å². The Hall–Kier alpha value is -2.84. The lowest BCUT2D eigenvalue weighted by molar-refractivity contribution is -0.385. The molecule has 2 fully saturated rings. The maximum absolute atomic E-state index is 10.6. The van der Waals surface area contributed by atoms with Gasteiger partial charge in [-0.05, 0) is 62.8 Å². The number of hydrogen-bond acceptors (Lipinski definition) is 7. The molecular formula is C22H28N2O6. The van der Waals surface area contributed by atoms with Crippen molar-refractivity contribution >= 4 is 11.4 Å². The Morgan fingerprint density at radius 2 is 1.40 bits per heavy atom. The summed E-state index contributed by atoms with van der Waals surface area (Å²) in [4.78, 5) is 10.1. The minimum Gasteiger partial charge on any atom is -0.490 e. The number of nitro benzene ring substituents is 1. The van der Waals surface area contributed by atoms with Crippen LogP contribution in [0.25, 0.3) is 0 Å². The predicted octanol–water partition coefficient (Wildman–Crippen LogP) is 3.71. The van der Waals surface area contributed by atoms with Gasteiger partial charge in [0.25, 0.3) is 5.69 Å². The van der Waals surface area contributed by atoms with Gasteiger partial charge in [-0.2, -0.15) is 0 Å². The Labute approximate surface area is 175 Å². The summed E-state index contributed by atoms with van der Waals surface area (Å²) in [5, 5.41) is 28.8. The largest absolute Gasteiger partial charge is 0.490 e. The number of non-ortho nitro benzene ring substituents is 1. The van der Waals surface area contributed by atoms with Gasteiger partial charge in [-0.1, -0.05) is 0 Å². The van der Waals surface area contributed by atoms with Crippen molar-refractivity contribution in [1.82, 2.24) is 0 Å². The predicted molar refractivity (Wildman–Crippen MR) is 112 cm³/mol. The molecule has 0 radical (unpaired) electrons. The van der Waals surface area contributed by atoms with Crippen LogP contribution in [0.15, 0.2) is 36.4 Å². The molecule has 0 amide bonds. The molecule has 0 bridgehead atoms. The van der Waals surface area contributed by atoms with Crippen molar-refractivity contribution < 1.29 is 24.6 Å². The van der Waals surface area contributed by atoms with Crippen molar-refractivity contribution in [2.75, 3.05) is 5.73 Å². The molecule has 2 aromatic carbocycles. The average Bonchev–Trinajstić information content (AvgIpc) is 2.68. The zero-order valence-electron chi connectivity index (χ0n) is 16.8. The Kier molecular flexibility index (Phi) is 7.48. The Balaban J connectivity index is 0.000000172. The van der Waals surface area contributed by atoms with E-state index in [1.165, 1.54) is 18.6 Å². The number of nitrogen functional groups attached to an aromatic ring is 1. The summed E-state index contributed by atoms with van der Waals surface area (Å²) < 4.78 is 11.3. The van der Waals surface area contributed by atoms with Gasteiger partial charge in [0.15, 0.2) is 0 Å². The second-order valence-corrected chi connectivity index (χ2v) is 7.57. The molecule has 2 saturated carbocycles. The van der Waals surface area contributed by atoms with Crippen LogP contribution in [-0.2, 0) is 13.2 Å². The molecule has 2 aromatic rings. The fraction of sp³-hybridized carbons (Fsp3) is 0.455. The van der Waals surface area contributed by atoms with Gasteiger partial charge in [-0.15, -0.1) is 0 Å². The molecule has 0 saturated heterocycles. The molecule has 2 aliphatic carbocycles. The molecule has 4 rings (SSSR count). The van der Waals surface area contributed by atoms with Gasteiger partial charge in [0.1, 0.15) is 11.5 Å². The summed E-state index contributed by atoms with van der Waals surface area (Å²) in [6.07, 6.45) is 7.21. The maximum Gasteiger partial charge on any atom is 0.270 e. The Morgan fingerprint density at radius 3 is 1.83 bits per heavy atom. The van der Waals surface area contributed by atoms with E-state index in [2.05, 4.69) is 0 Å². The first-order valence-corrected chi connectivity index (χ1v) is 10.2. The number of nitrogens with two attached hydrogens (primary N) is 1. The number of hydrogen-bond donors (Lipinski definition) is 3. The lowest BCUT2D eigenvalue weighted by Crippen LogP contribution is -2.25. The van der Waals surface area contributed by atoms with E-state index in [-0.39, 0.29) is 25.0 Å². The van der Waals surface area contributed by atoms with Crippen LogP contribution < -0.4 is 15.2 Å². The fourth-order valence-electron chi connectivity index (χ4n) is 3.09. The molecule has 0 aliphatic heterocycles. The molecule has 30 heavy (non-hydrogen) atoms. The molecule has 162 valence electrons. The van der Waals surface area contributed by atoms with Crippen molar-refractivity contribution in [3.63, 3.8) is 0 Å². The molecular weight excluding hydrogens is 388 g/mol. The molecule has 4 N–H and O–H groups in total. The summed E-state index contributed by atoms with van der Waals surface area (Å²) in [6, 6.07) is 9.70. The van der Waals surface area contributed by atoms with Crippen LogP contribution in [0.4, 0.5) is 11.4 Å². The monoisotopic (exact) mass is 416 g/mol. The maximum atomic E-state index is 10.6. The Morgan fingerprint density at radius 1 is 0.900 bits per heavy atom. The Bertz CT molecular complexity index is 865. The van der Waals surface area contributed by atoms with E-state index in [4.69, 9.17) is 25.4 Å². The van der Waals surface area contributed by atoms with E-state index in [1.54, 1.807) is 18.2 Å². The molecule has 0 spiro atoms. The highest BCUT2D eigenvalue weighted by Crippen LogP contribution is 2.30. The normalized spacial score (nSPS) is 15.9. The molecule has 0 aromatic heterocycles. The smallest absolute Gasteiger partial charge is 0.270 e. The standard InChI is InChI=1S/C11H13NO4.C11H15NO2/c13-7-8-6-9(12(14)15)4-5-11(8)16-10-2-1-3-10;12-9-4-5-11(8(6-9)7-13)14-10-2-1-3-10/h4-6,10,13H,1-3,7H2;4-6,10,13H,1-3,7,12H2. The summed E-state index contributed by atoms with van der Waals surface area (Å²) in [5.41, 5.74) is 7.50. The topological polar surface area (TPSA) is 128 Å². The highest BCUT2D eigenvalue weighted by atomic mass is 16.6. The first kappa shape index (κ1) is 21.9. The molecule has 2 aliphatic rings. The minimum absolute atomic E-state index is 0.0207. The van der Waals surface area contributed by atoms with Gasteiger partial charge < -0.3 is 25.4 Å². The summed E-state index contributed by atoms with van der Waals surface area (Å²) in [5.74, 6) is 1.32. The SMILES string of the molecule is Nc1ccc(OC2CCC2)c(CO)c1.O=[N+]([O-])c1ccc(OC2CCC2)c(CO)c1. The quantitative estimate of drug-likeness (QED) is 0.356. The van der Waals surface area contributed by atoms with Crippen molar-refractivity contribution in [2.45, 2.75) is 63.9 Å². The third-order valence-electron chi connectivity index (χ3n) is 5.37. The van der Waals surface area contributed by atoms with E-state index < -0.39 is 4.92 Å². The van der Waals surface area contributed by atoms with Gasteiger partial charge in [-0.25, -0.2) is 0 Å². The van der Waals surface area contributed by atoms with E-state index in [0.29, 0.717) is 23.1 Å². The van der Waals surface area contributed by atoms with Crippen molar-refractivity contribution in [3.8, 4) is 11.5 Å². The number of anilines is 1. The number of nitrogens with zero attached hydrogens (tertiary/aromatic N) is 1. The van der Waals surface area contributed by atoms with Crippen LogP contribution in [0.2, 0.25) is 0 Å². The summed E-state index contributed by atoms with van der Waals surface area (Å²) >= 11 is 0. The third kappa shape index (κ3) is 5.61. The molecule has 0 unspecified atom stereocenters. The van der Waals surface area contributed by atoms with Gasteiger partial charge in [0.2, 0.25) is 0 Å². The van der Waals surface area contributed by atoms with Gasteiger partial charge in [-0.3, -0.25) is 10.1 Å². The van der Waals surface area contributed by atoms with Crippen molar-refractivity contribution in [2.24, 2.45) is 0 Å². The van der Waals surface area contributed by atoms with Gasteiger partial charge in [0.05, 0.1) is 30.3 Å². The highest BCUT2D eigenvalue weighted by molar-refractivity contribution is 5.47.